The second-order valence-electron chi connectivity index (χ2n) is 6.83. The number of pyridine rings is 1. The Morgan fingerprint density at radius 2 is 1.92 bits per heavy atom. The van der Waals surface area contributed by atoms with Crippen molar-refractivity contribution in [1.29, 1.82) is 0 Å². The van der Waals surface area contributed by atoms with Crippen LogP contribution in [0.5, 0.6) is 0 Å². The number of Topliss-reactive ketones (excluding diaryl/α,β-unsaturated/α-hetero) is 1. The zero-order chi connectivity index (χ0) is 17.7. The van der Waals surface area contributed by atoms with E-state index < -0.39 is 0 Å². The van der Waals surface area contributed by atoms with E-state index in [0.717, 1.165) is 35.0 Å². The quantitative estimate of drug-likeness (QED) is 0.495. The Morgan fingerprint density at radius 1 is 1.04 bits per heavy atom. The molecule has 0 bridgehead atoms. The van der Waals surface area contributed by atoms with Gasteiger partial charge in [-0.15, -0.1) is 0 Å². The molecule has 0 saturated heterocycles. The minimum Gasteiger partial charge on any atom is -0.373 e. The van der Waals surface area contributed by atoms with Crippen molar-refractivity contribution < 1.29 is 4.79 Å². The van der Waals surface area contributed by atoms with Crippen molar-refractivity contribution in [2.75, 3.05) is 5.32 Å². The summed E-state index contributed by atoms with van der Waals surface area (Å²) >= 11 is 2.36. The Balaban J connectivity index is 1.81. The summed E-state index contributed by atoms with van der Waals surface area (Å²) in [6.07, 6.45) is 4.33. The van der Waals surface area contributed by atoms with Crippen LogP contribution >= 0.6 is 22.6 Å². The fourth-order valence-electron chi connectivity index (χ4n) is 4.23. The van der Waals surface area contributed by atoms with E-state index in [1.807, 2.05) is 24.4 Å². The summed E-state index contributed by atoms with van der Waals surface area (Å²) in [5.41, 5.74) is 6.57. The standard InChI is InChI=1S/C22H17IN2O/c23-16-8-2-1-5-13(16)22-21-15(6-3-9-19(21)26)20-14-7-4-12-24-17(14)10-11-18(20)25-22/h1-2,4-5,7-8,10-12,22,25H,3,6,9H2. The summed E-state index contributed by atoms with van der Waals surface area (Å²) in [4.78, 5) is 17.5. The largest absolute Gasteiger partial charge is 0.373 e. The number of aromatic nitrogens is 1. The van der Waals surface area contributed by atoms with Crippen LogP contribution in [-0.4, -0.2) is 10.8 Å². The summed E-state index contributed by atoms with van der Waals surface area (Å²) in [7, 11) is 0. The Hall–Kier alpha value is -2.21. The van der Waals surface area contributed by atoms with Gasteiger partial charge in [-0.25, -0.2) is 0 Å². The summed E-state index contributed by atoms with van der Waals surface area (Å²) in [6, 6.07) is 16.5. The van der Waals surface area contributed by atoms with Crippen LogP contribution < -0.4 is 5.32 Å². The van der Waals surface area contributed by atoms with Crippen LogP contribution in [0.4, 0.5) is 5.69 Å². The van der Waals surface area contributed by atoms with Crippen LogP contribution in [0.2, 0.25) is 0 Å². The third-order valence-corrected chi connectivity index (χ3v) is 6.33. The zero-order valence-corrected chi connectivity index (χ0v) is 16.3. The fraction of sp³-hybridized carbons (Fsp3) is 0.182. The van der Waals surface area contributed by atoms with E-state index in [2.05, 4.69) is 63.2 Å². The van der Waals surface area contributed by atoms with Crippen molar-refractivity contribution in [3.05, 3.63) is 75.0 Å². The summed E-state index contributed by atoms with van der Waals surface area (Å²) in [5, 5.41) is 4.79. The Labute approximate surface area is 165 Å². The van der Waals surface area contributed by atoms with Gasteiger partial charge in [-0.1, -0.05) is 24.3 Å². The van der Waals surface area contributed by atoms with Gasteiger partial charge in [0, 0.05) is 38.4 Å². The van der Waals surface area contributed by atoms with Gasteiger partial charge in [0.2, 0.25) is 0 Å². The lowest BCUT2D eigenvalue weighted by atomic mass is 9.77. The molecule has 0 spiro atoms. The van der Waals surface area contributed by atoms with Crippen molar-refractivity contribution >= 4 is 50.5 Å². The molecular weight excluding hydrogens is 435 g/mol. The average molecular weight is 452 g/mol. The molecule has 1 aliphatic heterocycles. The molecule has 1 N–H and O–H groups in total. The molecule has 1 unspecified atom stereocenters. The maximum absolute atomic E-state index is 13.0. The maximum Gasteiger partial charge on any atom is 0.161 e. The van der Waals surface area contributed by atoms with Gasteiger partial charge in [0.15, 0.2) is 5.78 Å². The van der Waals surface area contributed by atoms with Crippen LogP contribution in [-0.2, 0) is 4.79 Å². The molecule has 3 aromatic rings. The van der Waals surface area contributed by atoms with E-state index in [9.17, 15) is 4.79 Å². The lowest BCUT2D eigenvalue weighted by Crippen LogP contribution is -2.27. The van der Waals surface area contributed by atoms with E-state index in [0.29, 0.717) is 6.42 Å². The van der Waals surface area contributed by atoms with Gasteiger partial charge in [0.05, 0.1) is 11.6 Å². The SMILES string of the molecule is O=C1CCCC2=C1C(c1ccccc1I)Nc1ccc3ncccc3c12. The summed E-state index contributed by atoms with van der Waals surface area (Å²) in [5.74, 6) is 0.273. The lowest BCUT2D eigenvalue weighted by Gasteiger charge is -2.35. The van der Waals surface area contributed by atoms with Crippen LogP contribution in [0.15, 0.2) is 60.3 Å². The number of rotatable bonds is 1. The number of halogens is 1. The average Bonchev–Trinajstić information content (AvgIpc) is 2.67. The number of fused-ring (bicyclic) bond motifs is 4. The number of hydrogen-bond acceptors (Lipinski definition) is 3. The molecule has 1 atom stereocenters. The van der Waals surface area contributed by atoms with Crippen molar-refractivity contribution in [2.24, 2.45) is 0 Å². The van der Waals surface area contributed by atoms with E-state index in [1.165, 1.54) is 20.3 Å². The Bertz CT molecular complexity index is 1090. The highest BCUT2D eigenvalue weighted by Gasteiger charge is 2.35. The van der Waals surface area contributed by atoms with Gasteiger partial charge in [-0.3, -0.25) is 9.78 Å². The second kappa shape index (κ2) is 6.20. The molecule has 3 nitrogen and oxygen atoms in total. The minimum atomic E-state index is -0.0764. The van der Waals surface area contributed by atoms with Crippen molar-refractivity contribution in [3.63, 3.8) is 0 Å². The van der Waals surface area contributed by atoms with Crippen molar-refractivity contribution in [3.8, 4) is 0 Å². The van der Waals surface area contributed by atoms with E-state index >= 15 is 0 Å². The highest BCUT2D eigenvalue weighted by molar-refractivity contribution is 14.1. The molecule has 5 rings (SSSR count). The zero-order valence-electron chi connectivity index (χ0n) is 14.1. The molecule has 0 fully saturated rings. The number of carbonyl (C=O) groups is 1. The topological polar surface area (TPSA) is 42.0 Å². The molecular formula is C22H17IN2O. The van der Waals surface area contributed by atoms with Gasteiger partial charge in [0.1, 0.15) is 0 Å². The summed E-state index contributed by atoms with van der Waals surface area (Å²) in [6.45, 7) is 0. The number of nitrogens with one attached hydrogen (secondary N) is 1. The van der Waals surface area contributed by atoms with Gasteiger partial charge < -0.3 is 5.32 Å². The number of nitrogens with zero attached hydrogens (tertiary/aromatic N) is 1. The van der Waals surface area contributed by atoms with Crippen LogP contribution in [0.1, 0.15) is 36.4 Å². The fourth-order valence-corrected chi connectivity index (χ4v) is 4.92. The molecule has 0 radical (unpaired) electrons. The van der Waals surface area contributed by atoms with Gasteiger partial charge in [0.25, 0.3) is 0 Å². The van der Waals surface area contributed by atoms with Gasteiger partial charge >= 0.3 is 0 Å². The first kappa shape index (κ1) is 16.0. The monoisotopic (exact) mass is 452 g/mol. The molecule has 4 heteroatoms. The molecule has 0 saturated carbocycles. The van der Waals surface area contributed by atoms with E-state index in [-0.39, 0.29) is 11.8 Å². The highest BCUT2D eigenvalue weighted by Crippen LogP contribution is 2.48. The molecule has 1 aliphatic carbocycles. The van der Waals surface area contributed by atoms with Crippen molar-refractivity contribution in [2.45, 2.75) is 25.3 Å². The van der Waals surface area contributed by atoms with Gasteiger partial charge in [-0.05, 0) is 70.8 Å². The molecule has 2 aliphatic rings. The molecule has 128 valence electrons. The molecule has 2 aromatic carbocycles. The second-order valence-corrected chi connectivity index (χ2v) is 7.99. The molecule has 2 heterocycles. The smallest absolute Gasteiger partial charge is 0.161 e. The highest BCUT2D eigenvalue weighted by atomic mass is 127. The first-order chi connectivity index (χ1) is 12.7. The predicted octanol–water partition coefficient (Wildman–Crippen LogP) is 5.51. The predicted molar refractivity (Wildman–Crippen MR) is 113 cm³/mol. The number of hydrogen-bond donors (Lipinski definition) is 1. The Morgan fingerprint density at radius 3 is 2.81 bits per heavy atom. The molecule has 1 aromatic heterocycles. The number of anilines is 1. The van der Waals surface area contributed by atoms with E-state index in [1.54, 1.807) is 0 Å². The van der Waals surface area contributed by atoms with E-state index in [4.69, 9.17) is 0 Å². The van der Waals surface area contributed by atoms with Crippen molar-refractivity contribution in [1.82, 2.24) is 4.98 Å². The van der Waals surface area contributed by atoms with Gasteiger partial charge in [-0.2, -0.15) is 0 Å². The number of carbonyl (C=O) groups excluding carboxylic acids is 1. The summed E-state index contributed by atoms with van der Waals surface area (Å²) < 4.78 is 1.18. The Kier molecular flexibility index (Phi) is 3.81. The maximum atomic E-state index is 13.0. The van der Waals surface area contributed by atoms with Crippen LogP contribution in [0.25, 0.3) is 16.5 Å². The third-order valence-electron chi connectivity index (χ3n) is 5.35. The number of allylic oxidation sites excluding steroid dienone is 1. The number of benzene rings is 2. The minimum absolute atomic E-state index is 0.0764. The lowest BCUT2D eigenvalue weighted by molar-refractivity contribution is -0.116. The molecule has 26 heavy (non-hydrogen) atoms. The van der Waals surface area contributed by atoms with Crippen LogP contribution in [0.3, 0.4) is 0 Å². The first-order valence-corrected chi connectivity index (χ1v) is 9.97. The number of ketones is 1. The third kappa shape index (κ3) is 2.39. The normalized spacial score (nSPS) is 19.1. The first-order valence-electron chi connectivity index (χ1n) is 8.89. The van der Waals surface area contributed by atoms with Crippen LogP contribution in [0, 0.1) is 3.57 Å². The molecule has 0 amide bonds.